The van der Waals surface area contributed by atoms with Gasteiger partial charge < -0.3 is 97.6 Å². The summed E-state index contributed by atoms with van der Waals surface area (Å²) in [5, 5.41) is 38.8. The summed E-state index contributed by atoms with van der Waals surface area (Å²) in [6.07, 6.45) is -0.740. The highest BCUT2D eigenvalue weighted by atomic mass is 16.4. The van der Waals surface area contributed by atoms with E-state index in [2.05, 4.69) is 68.8 Å². The van der Waals surface area contributed by atoms with Crippen LogP contribution in [0.3, 0.4) is 0 Å². The third-order valence-corrected chi connectivity index (χ3v) is 14.2. The maximum Gasteiger partial charge on any atom is 0.303 e. The number of hydrogen-bond acceptors (Lipinski definition) is 17. The molecule has 0 unspecified atom stereocenters. The Morgan fingerprint density at radius 3 is 1.42 bits per heavy atom. The van der Waals surface area contributed by atoms with Crippen LogP contribution in [0.15, 0.2) is 35.3 Å². The molecule has 0 spiro atoms. The van der Waals surface area contributed by atoms with Crippen molar-refractivity contribution in [1.29, 1.82) is 0 Å². The molecule has 0 heterocycles. The quantitative estimate of drug-likeness (QED) is 0.0165. The van der Waals surface area contributed by atoms with Crippen LogP contribution >= 0.6 is 0 Å². The number of primary amides is 2. The lowest BCUT2D eigenvalue weighted by molar-refractivity contribution is -0.137. The summed E-state index contributed by atoms with van der Waals surface area (Å²) in [6, 6.07) is -5.62. The van der Waals surface area contributed by atoms with Crippen molar-refractivity contribution in [2.24, 2.45) is 51.4 Å². The van der Waals surface area contributed by atoms with Gasteiger partial charge in [-0.15, -0.1) is 0 Å². The number of rotatable bonds is 43. The zero-order chi connectivity index (χ0) is 70.8. The number of nitrogens with one attached hydrogen (secondary N) is 12. The Labute approximate surface area is 540 Å². The van der Waals surface area contributed by atoms with E-state index >= 15 is 0 Å². The number of nitrogens with zero attached hydrogens (tertiary/aromatic N) is 1. The average Bonchev–Trinajstić information content (AvgIpc) is 3.53. The number of aliphatic imine (C=N–C) groups is 1. The number of guanidine groups is 1. The van der Waals surface area contributed by atoms with Crippen LogP contribution in [0.5, 0.6) is 0 Å². The van der Waals surface area contributed by atoms with Gasteiger partial charge in [0.05, 0.1) is 19.1 Å². The van der Waals surface area contributed by atoms with E-state index in [1.54, 1.807) is 71.9 Å². The SMILES string of the molecule is CC[C@H](C)[C@H](NC(=O)[C@H](C)NC(=O)CNC(=O)[C@H](CCCN=C(N)N)NC(=O)[C@H](C)NC(=O)[C@H](CC(C)C)NC(=O)CNC(=O)[C@H](CC(C)C)NC(=O)[C@H](C)NC(=O)[C@@H](N)CCC(=O)O)C(=O)N[C@@H](Cc1ccccc1)C(=O)N[C@@H](CCC(N)=O)C(=O)N[C@@H](C)C(N)=O. The van der Waals surface area contributed by atoms with Crippen molar-refractivity contribution in [3.63, 3.8) is 0 Å². The van der Waals surface area contributed by atoms with Gasteiger partial charge in [-0.1, -0.05) is 78.3 Å². The van der Waals surface area contributed by atoms with Crippen LogP contribution in [-0.2, 0) is 78.3 Å². The Hall–Kier alpha value is -9.50. The van der Waals surface area contributed by atoms with Gasteiger partial charge in [-0.05, 0) is 89.5 Å². The molecule has 93 heavy (non-hydrogen) atoms. The van der Waals surface area contributed by atoms with Gasteiger partial charge in [0.25, 0.3) is 0 Å². The van der Waals surface area contributed by atoms with Gasteiger partial charge in [0, 0.05) is 25.8 Å². The summed E-state index contributed by atoms with van der Waals surface area (Å²) < 4.78 is 0. The van der Waals surface area contributed by atoms with Gasteiger partial charge in [0.1, 0.15) is 60.4 Å². The summed E-state index contributed by atoms with van der Waals surface area (Å²) in [6.45, 7) is 14.4. The third-order valence-electron chi connectivity index (χ3n) is 14.2. The fourth-order valence-corrected chi connectivity index (χ4v) is 8.65. The van der Waals surface area contributed by atoms with Crippen LogP contribution in [0.2, 0.25) is 0 Å². The number of benzene rings is 1. The molecule has 0 saturated carbocycles. The molecule has 0 fully saturated rings. The number of carboxylic acids is 1. The summed E-state index contributed by atoms with van der Waals surface area (Å²) >= 11 is 0. The molecule has 1 aromatic carbocycles. The maximum absolute atomic E-state index is 14.1. The monoisotopic (exact) mass is 1310 g/mol. The Bertz CT molecular complexity index is 2780. The molecule has 23 N–H and O–H groups in total. The van der Waals surface area contributed by atoms with Crippen molar-refractivity contribution in [2.75, 3.05) is 19.6 Å². The minimum absolute atomic E-state index is 0.0198. The van der Waals surface area contributed by atoms with Crippen molar-refractivity contribution in [3.8, 4) is 0 Å². The van der Waals surface area contributed by atoms with Gasteiger partial charge in [-0.25, -0.2) is 0 Å². The van der Waals surface area contributed by atoms with Crippen molar-refractivity contribution >= 4 is 94.6 Å². The lowest BCUT2D eigenvalue weighted by atomic mass is 9.96. The van der Waals surface area contributed by atoms with E-state index in [0.717, 1.165) is 0 Å². The number of amides is 14. The van der Waals surface area contributed by atoms with Crippen LogP contribution in [0, 0.1) is 17.8 Å². The fraction of sp³-hybridized carbons (Fsp3) is 0.627. The van der Waals surface area contributed by atoms with Crippen LogP contribution in [0.1, 0.15) is 133 Å². The smallest absolute Gasteiger partial charge is 0.303 e. The highest BCUT2D eigenvalue weighted by Gasteiger charge is 2.35. The highest BCUT2D eigenvalue weighted by molar-refractivity contribution is 5.99. The zero-order valence-electron chi connectivity index (χ0n) is 54.6. The predicted octanol–water partition coefficient (Wildman–Crippen LogP) is -5.48. The van der Waals surface area contributed by atoms with Crippen molar-refractivity contribution in [2.45, 2.75) is 200 Å². The molecule has 1 aromatic rings. The van der Waals surface area contributed by atoms with Crippen LogP contribution < -0.4 is 92.5 Å². The summed E-state index contributed by atoms with van der Waals surface area (Å²) in [7, 11) is 0. The van der Waals surface area contributed by atoms with Crippen LogP contribution in [0.25, 0.3) is 0 Å². The Balaban J connectivity index is 3.17. The number of carbonyl (C=O) groups is 15. The first-order chi connectivity index (χ1) is 43.4. The van der Waals surface area contributed by atoms with E-state index in [9.17, 15) is 71.9 Å². The van der Waals surface area contributed by atoms with Gasteiger partial charge in [-0.2, -0.15) is 0 Å². The summed E-state index contributed by atoms with van der Waals surface area (Å²) in [4.78, 5) is 200. The van der Waals surface area contributed by atoms with Gasteiger partial charge in [0.2, 0.25) is 82.7 Å². The molecule has 0 aliphatic carbocycles. The van der Waals surface area contributed by atoms with Gasteiger partial charge in [0.15, 0.2) is 5.96 Å². The normalized spacial score (nSPS) is 14.8. The second-order valence-corrected chi connectivity index (χ2v) is 23.5. The maximum atomic E-state index is 14.1. The number of nitrogens with two attached hydrogens (primary N) is 5. The molecule has 34 nitrogen and oxygen atoms in total. The molecule has 0 saturated heterocycles. The average molecular weight is 1320 g/mol. The molecule has 34 heteroatoms. The largest absolute Gasteiger partial charge is 0.481 e. The molecular weight excluding hydrogens is 1220 g/mol. The molecule has 0 aliphatic heterocycles. The van der Waals surface area contributed by atoms with Crippen LogP contribution in [-0.4, -0.2) is 186 Å². The first kappa shape index (κ1) is 81.5. The Morgan fingerprint density at radius 1 is 0.462 bits per heavy atom. The first-order valence-corrected chi connectivity index (χ1v) is 30.7. The highest BCUT2D eigenvalue weighted by Crippen LogP contribution is 2.13. The second kappa shape index (κ2) is 41.8. The summed E-state index contributed by atoms with van der Waals surface area (Å²) in [5.41, 5.74) is 27.9. The standard InChI is InChI=1S/C59H98N18O16/c1-11-31(6)47(58(93)76-42(26-36-16-13-12-14-17-36)57(92)74-39(20-21-43(61)78)55(90)69-32(7)48(62)83)77-51(86)33(8)68-44(79)27-66-53(88)38(18-15-23-65-59(63)64)73-49(84)35(10)71-56(91)41(25-30(4)5)72-45(80)28-67-54(89)40(24-29(2)3)75-50(85)34(9)70-52(87)37(60)19-22-46(81)82/h12-14,16-17,29-35,37-42,47H,11,15,18-28,60H2,1-10H3,(H2,61,78)(H2,62,83)(H,66,88)(H,67,89)(H,68,79)(H,69,90)(H,70,87)(H,71,91)(H,72,80)(H,73,84)(H,74,92)(H,75,85)(H,76,93)(H,77,86)(H,81,82)(H4,63,64,65)/t31-,32-,33-,34-,35-,37-,38-,39-,40-,41-,42-,47-/m0/s1. The summed E-state index contributed by atoms with van der Waals surface area (Å²) in [5.74, 6) is -13.9. The van der Waals surface area contributed by atoms with E-state index in [1.807, 2.05) is 0 Å². The Kier molecular flexibility index (Phi) is 36.6. The zero-order valence-corrected chi connectivity index (χ0v) is 54.6. The number of carbonyl (C=O) groups excluding carboxylic acids is 14. The van der Waals surface area contributed by atoms with Crippen LogP contribution in [0.4, 0.5) is 0 Å². The van der Waals surface area contributed by atoms with E-state index in [1.165, 1.54) is 27.7 Å². The predicted molar refractivity (Wildman–Crippen MR) is 339 cm³/mol. The number of carboxylic acid groups (broad SMARTS) is 1. The second-order valence-electron chi connectivity index (χ2n) is 23.5. The minimum Gasteiger partial charge on any atom is -0.481 e. The van der Waals surface area contributed by atoms with Crippen molar-refractivity contribution < 1.29 is 77.0 Å². The number of hydrogen-bond donors (Lipinski definition) is 18. The molecule has 0 aromatic heterocycles. The molecule has 12 atom stereocenters. The van der Waals surface area contributed by atoms with E-state index in [4.69, 9.17) is 33.8 Å². The van der Waals surface area contributed by atoms with Gasteiger partial charge >= 0.3 is 5.97 Å². The van der Waals surface area contributed by atoms with Crippen molar-refractivity contribution in [1.82, 2.24) is 63.8 Å². The molecule has 1 rings (SSSR count). The molecule has 0 bridgehead atoms. The van der Waals surface area contributed by atoms with E-state index in [0.29, 0.717) is 12.0 Å². The lowest BCUT2D eigenvalue weighted by Crippen LogP contribution is -2.60. The Morgan fingerprint density at radius 2 is 0.903 bits per heavy atom. The molecule has 0 radical (unpaired) electrons. The molecule has 0 aliphatic rings. The topological polar surface area (TPSA) is 563 Å². The van der Waals surface area contributed by atoms with E-state index in [-0.39, 0.29) is 82.1 Å². The minimum atomic E-state index is -1.40. The number of aliphatic carboxylic acids is 1. The molecular formula is C59H98N18O16. The first-order valence-electron chi connectivity index (χ1n) is 30.7. The fourth-order valence-electron chi connectivity index (χ4n) is 8.65. The molecule has 520 valence electrons. The lowest BCUT2D eigenvalue weighted by Gasteiger charge is -2.28. The third kappa shape index (κ3) is 32.9. The molecule has 14 amide bonds. The van der Waals surface area contributed by atoms with Gasteiger partial charge in [-0.3, -0.25) is 76.9 Å². The van der Waals surface area contributed by atoms with E-state index < -0.39 is 174 Å². The van der Waals surface area contributed by atoms with Crippen molar-refractivity contribution in [3.05, 3.63) is 35.9 Å².